The summed E-state index contributed by atoms with van der Waals surface area (Å²) in [5.74, 6) is -2.04. The van der Waals surface area contributed by atoms with E-state index in [2.05, 4.69) is 10.3 Å². The summed E-state index contributed by atoms with van der Waals surface area (Å²) in [7, 11) is 0. The van der Waals surface area contributed by atoms with Crippen LogP contribution in [-0.4, -0.2) is 27.1 Å². The highest BCUT2D eigenvalue weighted by molar-refractivity contribution is 5.92. The van der Waals surface area contributed by atoms with Crippen molar-refractivity contribution in [1.82, 2.24) is 15.0 Å². The van der Waals surface area contributed by atoms with Crippen molar-refractivity contribution in [1.29, 1.82) is 0 Å². The van der Waals surface area contributed by atoms with Gasteiger partial charge in [-0.05, 0) is 24.6 Å². The molecule has 0 saturated heterocycles. The van der Waals surface area contributed by atoms with Crippen LogP contribution in [0.4, 0.5) is 13.2 Å². The minimum absolute atomic E-state index is 0.0490. The molecular formula is C9H6F3N3O. The van der Waals surface area contributed by atoms with E-state index in [9.17, 15) is 18.0 Å². The van der Waals surface area contributed by atoms with Crippen LogP contribution in [0.3, 0.4) is 0 Å². The Hall–Kier alpha value is -1.92. The van der Waals surface area contributed by atoms with Crippen LogP contribution in [0, 0.1) is 6.92 Å². The molecule has 1 heterocycles. The Kier molecular flexibility index (Phi) is 2.18. The van der Waals surface area contributed by atoms with E-state index >= 15 is 0 Å². The van der Waals surface area contributed by atoms with Gasteiger partial charge >= 0.3 is 12.1 Å². The Labute approximate surface area is 87.7 Å². The Balaban J connectivity index is 2.59. The van der Waals surface area contributed by atoms with Gasteiger partial charge in [-0.15, -0.1) is 5.10 Å². The van der Waals surface area contributed by atoms with Crippen LogP contribution in [0.25, 0.3) is 11.0 Å². The van der Waals surface area contributed by atoms with Gasteiger partial charge in [0, 0.05) is 0 Å². The summed E-state index contributed by atoms with van der Waals surface area (Å²) in [5.41, 5.74) is 1.14. The van der Waals surface area contributed by atoms with Crippen LogP contribution in [0.15, 0.2) is 18.2 Å². The minimum atomic E-state index is -4.95. The third kappa shape index (κ3) is 1.64. The maximum Gasteiger partial charge on any atom is 0.473 e. The second-order valence-corrected chi connectivity index (χ2v) is 3.30. The second-order valence-electron chi connectivity index (χ2n) is 3.30. The lowest BCUT2D eigenvalue weighted by Crippen LogP contribution is -2.29. The Morgan fingerprint density at radius 1 is 1.38 bits per heavy atom. The van der Waals surface area contributed by atoms with Crippen LogP contribution in [0.2, 0.25) is 0 Å². The van der Waals surface area contributed by atoms with Crippen molar-refractivity contribution < 1.29 is 18.0 Å². The zero-order valence-electron chi connectivity index (χ0n) is 8.12. The molecule has 0 aliphatic heterocycles. The number of carbonyl (C=O) groups is 1. The quantitative estimate of drug-likeness (QED) is 0.693. The number of fused-ring (bicyclic) bond motifs is 1. The fourth-order valence-corrected chi connectivity index (χ4v) is 1.30. The molecule has 0 unspecified atom stereocenters. The van der Waals surface area contributed by atoms with Gasteiger partial charge in [-0.3, -0.25) is 4.79 Å². The van der Waals surface area contributed by atoms with Crippen molar-refractivity contribution in [3.8, 4) is 0 Å². The Morgan fingerprint density at radius 2 is 2.06 bits per heavy atom. The van der Waals surface area contributed by atoms with E-state index in [-0.39, 0.29) is 15.7 Å². The van der Waals surface area contributed by atoms with Crippen molar-refractivity contribution in [3.63, 3.8) is 0 Å². The van der Waals surface area contributed by atoms with Gasteiger partial charge in [0.25, 0.3) is 0 Å². The highest BCUT2D eigenvalue weighted by Gasteiger charge is 2.41. The maximum atomic E-state index is 12.2. The van der Waals surface area contributed by atoms with Crippen molar-refractivity contribution in [2.45, 2.75) is 13.1 Å². The Morgan fingerprint density at radius 3 is 2.69 bits per heavy atom. The molecule has 0 saturated carbocycles. The van der Waals surface area contributed by atoms with E-state index in [1.807, 2.05) is 0 Å². The molecule has 0 spiro atoms. The lowest BCUT2D eigenvalue weighted by atomic mass is 10.2. The van der Waals surface area contributed by atoms with Crippen LogP contribution in [-0.2, 0) is 0 Å². The molecule has 4 nitrogen and oxygen atoms in total. The molecule has 0 aliphatic rings. The summed E-state index contributed by atoms with van der Waals surface area (Å²) in [6, 6.07) is 4.53. The SMILES string of the molecule is Cc1ccc2c(c1)nnn2C(=O)C(F)(F)F. The van der Waals surface area contributed by atoms with Gasteiger partial charge in [-0.1, -0.05) is 11.3 Å². The first-order valence-corrected chi connectivity index (χ1v) is 4.33. The molecule has 0 amide bonds. The molecule has 0 fully saturated rings. The minimum Gasteiger partial charge on any atom is -0.262 e. The molecule has 2 rings (SSSR count). The fraction of sp³-hybridized carbons (Fsp3) is 0.222. The molecule has 0 atom stereocenters. The van der Waals surface area contributed by atoms with Crippen LogP contribution >= 0.6 is 0 Å². The highest BCUT2D eigenvalue weighted by Crippen LogP contribution is 2.20. The van der Waals surface area contributed by atoms with E-state index < -0.39 is 12.1 Å². The van der Waals surface area contributed by atoms with Gasteiger partial charge < -0.3 is 0 Å². The number of aryl methyl sites for hydroxylation is 1. The number of halogens is 3. The lowest BCUT2D eigenvalue weighted by molar-refractivity contribution is -0.0953. The number of benzene rings is 1. The zero-order valence-corrected chi connectivity index (χ0v) is 8.12. The monoisotopic (exact) mass is 229 g/mol. The fourth-order valence-electron chi connectivity index (χ4n) is 1.30. The van der Waals surface area contributed by atoms with Crippen molar-refractivity contribution in [2.24, 2.45) is 0 Å². The third-order valence-corrected chi connectivity index (χ3v) is 2.04. The van der Waals surface area contributed by atoms with Crippen LogP contribution in [0.5, 0.6) is 0 Å². The topological polar surface area (TPSA) is 47.8 Å². The van der Waals surface area contributed by atoms with Gasteiger partial charge in [0.15, 0.2) is 0 Å². The van der Waals surface area contributed by atoms with Gasteiger partial charge in [0.1, 0.15) is 5.52 Å². The maximum absolute atomic E-state index is 12.2. The molecule has 16 heavy (non-hydrogen) atoms. The number of aromatic nitrogens is 3. The predicted octanol–water partition coefficient (Wildman–Crippen LogP) is 1.94. The molecule has 1 aromatic heterocycles. The lowest BCUT2D eigenvalue weighted by Gasteiger charge is -2.04. The summed E-state index contributed by atoms with van der Waals surface area (Å²) in [4.78, 5) is 11.0. The number of carbonyl (C=O) groups excluding carboxylic acids is 1. The van der Waals surface area contributed by atoms with Crippen molar-refractivity contribution in [3.05, 3.63) is 23.8 Å². The number of nitrogens with zero attached hydrogens (tertiary/aromatic N) is 3. The summed E-state index contributed by atoms with van der Waals surface area (Å²) in [6.45, 7) is 1.77. The number of hydrogen-bond acceptors (Lipinski definition) is 3. The molecule has 0 bridgehead atoms. The van der Waals surface area contributed by atoms with E-state index in [0.29, 0.717) is 0 Å². The summed E-state index contributed by atoms with van der Waals surface area (Å²) in [6.07, 6.45) is -4.95. The molecule has 0 radical (unpaired) electrons. The average molecular weight is 229 g/mol. The molecule has 7 heteroatoms. The van der Waals surface area contributed by atoms with Gasteiger partial charge in [0.2, 0.25) is 0 Å². The molecule has 1 aromatic carbocycles. The standard InChI is InChI=1S/C9H6F3N3O/c1-5-2-3-7-6(4-5)13-14-15(7)8(16)9(10,11)12/h2-4H,1H3. The zero-order chi connectivity index (χ0) is 11.9. The van der Waals surface area contributed by atoms with Crippen LogP contribution < -0.4 is 0 Å². The first-order valence-electron chi connectivity index (χ1n) is 4.33. The van der Waals surface area contributed by atoms with Gasteiger partial charge in [-0.2, -0.15) is 17.9 Å². The predicted molar refractivity (Wildman–Crippen MR) is 48.9 cm³/mol. The molecule has 0 aliphatic carbocycles. The summed E-state index contributed by atoms with van der Waals surface area (Å²) < 4.78 is 36.8. The van der Waals surface area contributed by atoms with Gasteiger partial charge in [0.05, 0.1) is 5.52 Å². The Bertz CT molecular complexity index is 559. The van der Waals surface area contributed by atoms with Crippen molar-refractivity contribution >= 4 is 16.9 Å². The molecule has 2 aromatic rings. The molecule has 84 valence electrons. The number of hydrogen-bond donors (Lipinski definition) is 0. The van der Waals surface area contributed by atoms with Crippen LogP contribution in [0.1, 0.15) is 10.4 Å². The second kappa shape index (κ2) is 3.29. The van der Waals surface area contributed by atoms with Crippen molar-refractivity contribution in [2.75, 3.05) is 0 Å². The highest BCUT2D eigenvalue weighted by atomic mass is 19.4. The first kappa shape index (κ1) is 10.6. The number of alkyl halides is 3. The van der Waals surface area contributed by atoms with E-state index in [0.717, 1.165) is 5.56 Å². The molecular weight excluding hydrogens is 223 g/mol. The van der Waals surface area contributed by atoms with E-state index in [1.54, 1.807) is 19.1 Å². The van der Waals surface area contributed by atoms with E-state index in [1.165, 1.54) is 6.07 Å². The average Bonchev–Trinajstić information content (AvgIpc) is 2.57. The largest absolute Gasteiger partial charge is 0.473 e. The molecule has 0 N–H and O–H groups in total. The smallest absolute Gasteiger partial charge is 0.262 e. The number of rotatable bonds is 0. The first-order chi connectivity index (χ1) is 7.39. The summed E-state index contributed by atoms with van der Waals surface area (Å²) >= 11 is 0. The van der Waals surface area contributed by atoms with E-state index in [4.69, 9.17) is 0 Å². The third-order valence-electron chi connectivity index (χ3n) is 2.04. The summed E-state index contributed by atoms with van der Waals surface area (Å²) in [5, 5.41) is 6.71. The normalized spacial score (nSPS) is 12.0. The van der Waals surface area contributed by atoms with Gasteiger partial charge in [-0.25, -0.2) is 0 Å².